The lowest BCUT2D eigenvalue weighted by atomic mass is 10.3. The third-order valence-electron chi connectivity index (χ3n) is 2.19. The highest BCUT2D eigenvalue weighted by atomic mass is 19.1. The minimum absolute atomic E-state index is 0.241. The van der Waals surface area contributed by atoms with Crippen LogP contribution in [0.25, 0.3) is 0 Å². The maximum absolute atomic E-state index is 13.2. The van der Waals surface area contributed by atoms with Crippen LogP contribution in [0.3, 0.4) is 0 Å². The first-order valence-electron chi connectivity index (χ1n) is 5.76. The van der Waals surface area contributed by atoms with Crippen molar-refractivity contribution in [2.75, 3.05) is 25.7 Å². The van der Waals surface area contributed by atoms with Crippen molar-refractivity contribution in [1.82, 2.24) is 0 Å². The van der Waals surface area contributed by atoms with Gasteiger partial charge in [-0.2, -0.15) is 15.6 Å². The van der Waals surface area contributed by atoms with E-state index in [-0.39, 0.29) is 11.4 Å². The van der Waals surface area contributed by atoms with Crippen LogP contribution in [-0.4, -0.2) is 26.0 Å². The van der Waals surface area contributed by atoms with Crippen molar-refractivity contribution >= 4 is 11.4 Å². The molecule has 0 atom stereocenters. The van der Waals surface area contributed by atoms with Crippen molar-refractivity contribution in [2.45, 2.75) is 6.42 Å². The van der Waals surface area contributed by atoms with E-state index >= 15 is 0 Å². The number of hydrogen-bond acceptors (Lipinski definition) is 6. The molecule has 0 heterocycles. The van der Waals surface area contributed by atoms with Crippen LogP contribution in [-0.2, 0) is 4.74 Å². The average Bonchev–Trinajstić information content (AvgIpc) is 2.46. The van der Waals surface area contributed by atoms with E-state index in [1.165, 1.54) is 18.2 Å². The molecule has 1 rings (SSSR count). The van der Waals surface area contributed by atoms with E-state index in [1.807, 2.05) is 0 Å². The number of nitrogens with one attached hydrogen (secondary N) is 1. The fourth-order valence-electron chi connectivity index (χ4n) is 1.29. The second-order valence-electron chi connectivity index (χ2n) is 3.63. The first-order valence-corrected chi connectivity index (χ1v) is 5.76. The number of nitriles is 2. The topological polar surface area (TPSA) is 90.4 Å². The lowest BCUT2D eigenvalue weighted by Gasteiger charge is -2.10. The van der Waals surface area contributed by atoms with Crippen molar-refractivity contribution < 1.29 is 13.9 Å². The zero-order valence-electron chi connectivity index (χ0n) is 10.9. The predicted molar refractivity (Wildman–Crippen MR) is 70.7 cm³/mol. The van der Waals surface area contributed by atoms with E-state index in [2.05, 4.69) is 10.5 Å². The Morgan fingerprint density at radius 3 is 2.75 bits per heavy atom. The molecule has 0 unspecified atom stereocenters. The Kier molecular flexibility index (Phi) is 6.52. The molecule has 0 saturated carbocycles. The van der Waals surface area contributed by atoms with Crippen molar-refractivity contribution in [2.24, 2.45) is 5.10 Å². The molecule has 1 aromatic rings. The molecule has 0 aliphatic heterocycles. The number of methoxy groups -OCH3 is 1. The van der Waals surface area contributed by atoms with Gasteiger partial charge in [-0.3, -0.25) is 5.43 Å². The summed E-state index contributed by atoms with van der Waals surface area (Å²) in [5.41, 5.74) is 2.32. The van der Waals surface area contributed by atoms with Crippen LogP contribution in [0.5, 0.6) is 5.75 Å². The molecular weight excluding hydrogens is 263 g/mol. The Morgan fingerprint density at radius 1 is 1.35 bits per heavy atom. The van der Waals surface area contributed by atoms with Gasteiger partial charge in [0, 0.05) is 26.2 Å². The van der Waals surface area contributed by atoms with Crippen molar-refractivity contribution in [1.29, 1.82) is 10.5 Å². The SMILES string of the molecule is COCCCOc1ccc(F)cc1NN=C(C#N)C#N. The summed E-state index contributed by atoms with van der Waals surface area (Å²) in [7, 11) is 1.59. The van der Waals surface area contributed by atoms with E-state index in [4.69, 9.17) is 20.0 Å². The normalized spacial score (nSPS) is 9.20. The Hall–Kier alpha value is -2.64. The van der Waals surface area contributed by atoms with Crippen LogP contribution in [0.1, 0.15) is 6.42 Å². The van der Waals surface area contributed by atoms with E-state index in [0.717, 1.165) is 0 Å². The van der Waals surface area contributed by atoms with Crippen LogP contribution in [0.2, 0.25) is 0 Å². The third-order valence-corrected chi connectivity index (χ3v) is 2.19. The number of rotatable bonds is 7. The lowest BCUT2D eigenvalue weighted by Crippen LogP contribution is -2.04. The molecule has 1 N–H and O–H groups in total. The minimum atomic E-state index is -0.484. The van der Waals surface area contributed by atoms with Crippen molar-refractivity contribution in [3.63, 3.8) is 0 Å². The average molecular weight is 276 g/mol. The van der Waals surface area contributed by atoms with Crippen LogP contribution in [0, 0.1) is 28.5 Å². The largest absolute Gasteiger partial charge is 0.491 e. The van der Waals surface area contributed by atoms with Gasteiger partial charge in [0.15, 0.2) is 0 Å². The molecule has 0 aromatic heterocycles. The summed E-state index contributed by atoms with van der Waals surface area (Å²) >= 11 is 0. The van der Waals surface area contributed by atoms with Gasteiger partial charge in [-0.05, 0) is 12.1 Å². The molecule has 0 bridgehead atoms. The van der Waals surface area contributed by atoms with Crippen molar-refractivity contribution in [3.8, 4) is 17.9 Å². The number of hydrazone groups is 1. The molecule has 0 aliphatic rings. The summed E-state index contributed by atoms with van der Waals surface area (Å²) in [6, 6.07) is 7.04. The number of hydrogen-bond donors (Lipinski definition) is 1. The number of ether oxygens (including phenoxy) is 2. The maximum atomic E-state index is 13.2. The first-order chi connectivity index (χ1) is 9.71. The van der Waals surface area contributed by atoms with Crippen LogP contribution >= 0.6 is 0 Å². The van der Waals surface area contributed by atoms with Crippen LogP contribution in [0.4, 0.5) is 10.1 Å². The van der Waals surface area contributed by atoms with Gasteiger partial charge in [0.1, 0.15) is 29.4 Å². The van der Waals surface area contributed by atoms with Gasteiger partial charge >= 0.3 is 0 Å². The van der Waals surface area contributed by atoms with Crippen LogP contribution < -0.4 is 10.2 Å². The Morgan fingerprint density at radius 2 is 2.10 bits per heavy atom. The summed E-state index contributed by atoms with van der Waals surface area (Å²) in [5, 5.41) is 20.7. The van der Waals surface area contributed by atoms with Crippen LogP contribution in [0.15, 0.2) is 23.3 Å². The number of anilines is 1. The molecule has 1 aromatic carbocycles. The molecular formula is C13H13FN4O2. The Labute approximate surface area is 116 Å². The van der Waals surface area contributed by atoms with Gasteiger partial charge in [-0.25, -0.2) is 4.39 Å². The second kappa shape index (κ2) is 8.46. The summed E-state index contributed by atoms with van der Waals surface area (Å²) in [5.74, 6) is -0.108. The molecule has 20 heavy (non-hydrogen) atoms. The predicted octanol–water partition coefficient (Wildman–Crippen LogP) is 2.06. The molecule has 7 heteroatoms. The van der Waals surface area contributed by atoms with Gasteiger partial charge in [-0.15, -0.1) is 0 Å². The van der Waals surface area contributed by atoms with E-state index < -0.39 is 5.82 Å². The highest BCUT2D eigenvalue weighted by molar-refractivity contribution is 6.10. The minimum Gasteiger partial charge on any atom is -0.491 e. The zero-order valence-corrected chi connectivity index (χ0v) is 10.9. The number of benzene rings is 1. The van der Waals surface area contributed by atoms with E-state index in [9.17, 15) is 4.39 Å². The Bertz CT molecular complexity index is 544. The molecule has 0 fully saturated rings. The highest BCUT2D eigenvalue weighted by Gasteiger charge is 2.05. The number of nitrogens with zero attached hydrogens (tertiary/aromatic N) is 3. The molecule has 0 amide bonds. The first kappa shape index (κ1) is 15.4. The zero-order chi connectivity index (χ0) is 14.8. The van der Waals surface area contributed by atoms with E-state index in [1.54, 1.807) is 19.2 Å². The van der Waals surface area contributed by atoms with Gasteiger partial charge in [0.25, 0.3) is 0 Å². The van der Waals surface area contributed by atoms with Gasteiger partial charge in [-0.1, -0.05) is 0 Å². The van der Waals surface area contributed by atoms with Gasteiger partial charge in [0.05, 0.1) is 6.61 Å². The molecule has 0 aliphatic carbocycles. The summed E-state index contributed by atoms with van der Waals surface area (Å²) in [6.45, 7) is 0.941. The summed E-state index contributed by atoms with van der Waals surface area (Å²) in [4.78, 5) is 0. The Balaban J connectivity index is 2.78. The lowest BCUT2D eigenvalue weighted by molar-refractivity contribution is 0.172. The fourth-order valence-corrected chi connectivity index (χ4v) is 1.29. The molecule has 6 nitrogen and oxygen atoms in total. The highest BCUT2D eigenvalue weighted by Crippen LogP contribution is 2.25. The van der Waals surface area contributed by atoms with E-state index in [0.29, 0.717) is 25.4 Å². The standard InChI is InChI=1S/C13H13FN4O2/c1-19-5-2-6-20-13-4-3-10(14)7-12(13)18-17-11(8-15)9-16/h3-4,7,18H,2,5-6H2,1H3. The fraction of sp³-hybridized carbons (Fsp3) is 0.308. The monoisotopic (exact) mass is 276 g/mol. The second-order valence-corrected chi connectivity index (χ2v) is 3.63. The number of halogens is 1. The van der Waals surface area contributed by atoms with Crippen molar-refractivity contribution in [3.05, 3.63) is 24.0 Å². The molecule has 0 spiro atoms. The summed E-state index contributed by atoms with van der Waals surface area (Å²) < 4.78 is 23.5. The maximum Gasteiger partial charge on any atom is 0.237 e. The quantitative estimate of drug-likeness (QED) is 0.467. The summed E-state index contributed by atoms with van der Waals surface area (Å²) in [6.07, 6.45) is 0.679. The van der Waals surface area contributed by atoms with Gasteiger partial charge in [0.2, 0.25) is 5.71 Å². The third kappa shape index (κ3) is 4.92. The molecule has 104 valence electrons. The van der Waals surface area contributed by atoms with Gasteiger partial charge < -0.3 is 9.47 Å². The molecule has 0 radical (unpaired) electrons. The molecule has 0 saturated heterocycles. The smallest absolute Gasteiger partial charge is 0.237 e.